The Kier molecular flexibility index (Phi) is 4.76. The van der Waals surface area contributed by atoms with Crippen LogP contribution in [0.5, 0.6) is 5.75 Å². The number of benzene rings is 3. The average Bonchev–Trinajstić information content (AvgIpc) is 2.69. The third kappa shape index (κ3) is 3.69. The highest BCUT2D eigenvalue weighted by Gasteiger charge is 2.12. The van der Waals surface area contributed by atoms with E-state index in [9.17, 15) is 14.0 Å². The van der Waals surface area contributed by atoms with Gasteiger partial charge < -0.3 is 14.5 Å². The van der Waals surface area contributed by atoms with Crippen LogP contribution in [0.2, 0.25) is 0 Å². The van der Waals surface area contributed by atoms with Crippen LogP contribution >= 0.6 is 0 Å². The van der Waals surface area contributed by atoms with Crippen LogP contribution in [0, 0.1) is 19.7 Å². The average molecular weight is 391 g/mol. The molecule has 6 heteroatoms. The maximum atomic E-state index is 13.6. The van der Waals surface area contributed by atoms with Crippen LogP contribution in [0.4, 0.5) is 10.1 Å². The highest BCUT2D eigenvalue weighted by molar-refractivity contribution is 5.96. The first-order valence-electron chi connectivity index (χ1n) is 9.07. The lowest BCUT2D eigenvalue weighted by atomic mass is 10.1. The van der Waals surface area contributed by atoms with Crippen molar-refractivity contribution in [3.63, 3.8) is 0 Å². The molecule has 4 rings (SSSR count). The molecular formula is C23H18FNO4. The SMILES string of the molecule is Cc1cc2oc3cc(NC(=O)COc4ccccc4F)ccc3c(=O)c2cc1C. The molecule has 0 fully saturated rings. The number of fused-ring (bicyclic) bond motifs is 2. The number of hydrogen-bond donors (Lipinski definition) is 1. The molecule has 146 valence electrons. The summed E-state index contributed by atoms with van der Waals surface area (Å²) in [4.78, 5) is 24.9. The second-order valence-electron chi connectivity index (χ2n) is 6.84. The van der Waals surface area contributed by atoms with Gasteiger partial charge in [0.15, 0.2) is 18.2 Å². The molecule has 0 unspecified atom stereocenters. The van der Waals surface area contributed by atoms with Crippen molar-refractivity contribution < 1.29 is 18.3 Å². The fraction of sp³-hybridized carbons (Fsp3) is 0.130. The molecule has 1 aromatic heterocycles. The van der Waals surface area contributed by atoms with Gasteiger partial charge in [0.2, 0.25) is 5.43 Å². The molecule has 5 nitrogen and oxygen atoms in total. The van der Waals surface area contributed by atoms with Gasteiger partial charge in [-0.15, -0.1) is 0 Å². The van der Waals surface area contributed by atoms with Crippen molar-refractivity contribution in [1.29, 1.82) is 0 Å². The Morgan fingerprint density at radius 1 is 1.00 bits per heavy atom. The molecule has 0 spiro atoms. The fourth-order valence-corrected chi connectivity index (χ4v) is 3.09. The molecule has 0 saturated heterocycles. The number of aryl methyl sites for hydroxylation is 2. The van der Waals surface area contributed by atoms with E-state index in [0.717, 1.165) is 11.1 Å². The van der Waals surface area contributed by atoms with Gasteiger partial charge in [0.25, 0.3) is 5.91 Å². The minimum Gasteiger partial charge on any atom is -0.481 e. The lowest BCUT2D eigenvalue weighted by Crippen LogP contribution is -2.20. The van der Waals surface area contributed by atoms with Crippen molar-refractivity contribution >= 4 is 33.5 Å². The number of halogens is 1. The number of anilines is 1. The quantitative estimate of drug-likeness (QED) is 0.511. The van der Waals surface area contributed by atoms with Crippen molar-refractivity contribution in [3.8, 4) is 5.75 Å². The Balaban J connectivity index is 1.59. The number of carbonyl (C=O) groups is 1. The first-order valence-corrected chi connectivity index (χ1v) is 9.07. The number of rotatable bonds is 4. The fourth-order valence-electron chi connectivity index (χ4n) is 3.09. The van der Waals surface area contributed by atoms with E-state index in [1.54, 1.807) is 24.3 Å². The third-order valence-electron chi connectivity index (χ3n) is 4.77. The number of nitrogens with one attached hydrogen (secondary N) is 1. The summed E-state index contributed by atoms with van der Waals surface area (Å²) in [7, 11) is 0. The van der Waals surface area contributed by atoms with Crippen LogP contribution in [0.3, 0.4) is 0 Å². The number of carbonyl (C=O) groups excluding carboxylic acids is 1. The molecule has 0 saturated carbocycles. The molecule has 0 atom stereocenters. The molecule has 3 aromatic carbocycles. The molecule has 0 radical (unpaired) electrons. The summed E-state index contributed by atoms with van der Waals surface area (Å²) in [5, 5.41) is 3.62. The standard InChI is InChI=1S/C23H18FNO4/c1-13-9-17-20(10-14(13)2)29-21-11-15(7-8-16(21)23(17)27)25-22(26)12-28-19-6-4-3-5-18(19)24/h3-11H,12H2,1-2H3,(H,25,26). The largest absolute Gasteiger partial charge is 0.481 e. The molecule has 4 aromatic rings. The van der Waals surface area contributed by atoms with Gasteiger partial charge >= 0.3 is 0 Å². The highest BCUT2D eigenvalue weighted by atomic mass is 19.1. The van der Waals surface area contributed by atoms with E-state index in [2.05, 4.69) is 5.32 Å². The van der Waals surface area contributed by atoms with Gasteiger partial charge in [-0.1, -0.05) is 12.1 Å². The summed E-state index contributed by atoms with van der Waals surface area (Å²) in [6, 6.07) is 14.3. The predicted molar refractivity (Wildman–Crippen MR) is 110 cm³/mol. The zero-order valence-electron chi connectivity index (χ0n) is 15.9. The van der Waals surface area contributed by atoms with Crippen molar-refractivity contribution in [3.05, 3.63) is 81.8 Å². The van der Waals surface area contributed by atoms with Gasteiger partial charge in [0, 0.05) is 11.8 Å². The monoisotopic (exact) mass is 391 g/mol. The lowest BCUT2D eigenvalue weighted by molar-refractivity contribution is -0.118. The van der Waals surface area contributed by atoms with Gasteiger partial charge in [-0.25, -0.2) is 4.39 Å². The minimum absolute atomic E-state index is 0.00397. The number of hydrogen-bond acceptors (Lipinski definition) is 4. The van der Waals surface area contributed by atoms with Crippen molar-refractivity contribution in [1.82, 2.24) is 0 Å². The van der Waals surface area contributed by atoms with E-state index >= 15 is 0 Å². The lowest BCUT2D eigenvalue weighted by Gasteiger charge is -2.09. The molecular weight excluding hydrogens is 373 g/mol. The molecule has 0 aliphatic carbocycles. The second-order valence-corrected chi connectivity index (χ2v) is 6.84. The van der Waals surface area contributed by atoms with Gasteiger partial charge in [0.05, 0.1) is 10.8 Å². The van der Waals surface area contributed by atoms with Crippen LogP contribution in [0.1, 0.15) is 11.1 Å². The van der Waals surface area contributed by atoms with E-state index in [-0.39, 0.29) is 17.8 Å². The number of amides is 1. The van der Waals surface area contributed by atoms with E-state index in [4.69, 9.17) is 9.15 Å². The maximum Gasteiger partial charge on any atom is 0.262 e. The van der Waals surface area contributed by atoms with Crippen molar-refractivity contribution in [2.45, 2.75) is 13.8 Å². The normalized spacial score (nSPS) is 11.0. The van der Waals surface area contributed by atoms with E-state index in [1.807, 2.05) is 26.0 Å². The molecule has 1 amide bonds. The Morgan fingerprint density at radius 3 is 2.52 bits per heavy atom. The maximum absolute atomic E-state index is 13.6. The van der Waals surface area contributed by atoms with Crippen LogP contribution in [-0.2, 0) is 4.79 Å². The summed E-state index contributed by atoms with van der Waals surface area (Å²) in [5.74, 6) is -0.989. The molecule has 1 N–H and O–H groups in total. The summed E-state index contributed by atoms with van der Waals surface area (Å²) in [6.45, 7) is 3.55. The summed E-state index contributed by atoms with van der Waals surface area (Å²) in [6.07, 6.45) is 0. The topological polar surface area (TPSA) is 68.5 Å². The van der Waals surface area contributed by atoms with E-state index in [0.29, 0.717) is 27.6 Å². The smallest absolute Gasteiger partial charge is 0.262 e. The molecule has 0 aliphatic rings. The van der Waals surface area contributed by atoms with Crippen LogP contribution in [-0.4, -0.2) is 12.5 Å². The Labute approximate surface area is 165 Å². The van der Waals surface area contributed by atoms with Crippen LogP contribution < -0.4 is 15.5 Å². The van der Waals surface area contributed by atoms with Gasteiger partial charge in [0.1, 0.15) is 11.2 Å². The zero-order valence-corrected chi connectivity index (χ0v) is 15.9. The van der Waals surface area contributed by atoms with E-state index in [1.165, 1.54) is 18.2 Å². The minimum atomic E-state index is -0.537. The third-order valence-corrected chi connectivity index (χ3v) is 4.77. The summed E-state index contributed by atoms with van der Waals surface area (Å²) >= 11 is 0. The van der Waals surface area contributed by atoms with Crippen LogP contribution in [0.15, 0.2) is 63.8 Å². The summed E-state index contributed by atoms with van der Waals surface area (Å²) < 4.78 is 24.7. The van der Waals surface area contributed by atoms with E-state index < -0.39 is 11.7 Å². The second kappa shape index (κ2) is 7.39. The first-order chi connectivity index (χ1) is 13.9. The highest BCUT2D eigenvalue weighted by Crippen LogP contribution is 2.24. The van der Waals surface area contributed by atoms with Crippen molar-refractivity contribution in [2.24, 2.45) is 0 Å². The van der Waals surface area contributed by atoms with Crippen molar-refractivity contribution in [2.75, 3.05) is 11.9 Å². The zero-order chi connectivity index (χ0) is 20.5. The number of ether oxygens (including phenoxy) is 1. The molecule has 1 heterocycles. The number of para-hydroxylation sites is 1. The first kappa shape index (κ1) is 18.7. The summed E-state index contributed by atoms with van der Waals surface area (Å²) in [5.41, 5.74) is 3.24. The Hall–Kier alpha value is -3.67. The van der Waals surface area contributed by atoms with Gasteiger partial charge in [-0.3, -0.25) is 9.59 Å². The molecule has 0 bridgehead atoms. The Bertz CT molecular complexity index is 1310. The molecule has 0 aliphatic heterocycles. The molecule has 29 heavy (non-hydrogen) atoms. The Morgan fingerprint density at radius 2 is 1.72 bits per heavy atom. The van der Waals surface area contributed by atoms with Gasteiger partial charge in [-0.2, -0.15) is 0 Å². The van der Waals surface area contributed by atoms with Gasteiger partial charge in [-0.05, 0) is 61.4 Å². The predicted octanol–water partition coefficient (Wildman–Crippen LogP) is 4.72. The van der Waals surface area contributed by atoms with Crippen LogP contribution in [0.25, 0.3) is 21.9 Å².